The lowest BCUT2D eigenvalue weighted by atomic mass is 9.81. The molecule has 0 aromatic heterocycles. The van der Waals surface area contributed by atoms with E-state index in [4.69, 9.17) is 0 Å². The van der Waals surface area contributed by atoms with Crippen LogP contribution in [-0.2, 0) is 0 Å². The van der Waals surface area contributed by atoms with E-state index >= 15 is 0 Å². The summed E-state index contributed by atoms with van der Waals surface area (Å²) in [5.41, 5.74) is -4.89. The standard InChI is InChI=1S/C9H6F8/c10-6(8(13,14)9(15,16)17)4-1-2-5(3-4)7(6,11)12/h1-2,4-5H,3H2. The fraction of sp³-hybridized carbons (Fsp3) is 0.778. The van der Waals surface area contributed by atoms with Gasteiger partial charge in [-0.2, -0.15) is 22.0 Å². The van der Waals surface area contributed by atoms with Gasteiger partial charge in [0.15, 0.2) is 0 Å². The minimum atomic E-state index is -6.34. The smallest absolute Gasteiger partial charge is 0.229 e. The van der Waals surface area contributed by atoms with Crippen LogP contribution in [0.3, 0.4) is 0 Å². The quantitative estimate of drug-likeness (QED) is 0.501. The highest BCUT2D eigenvalue weighted by Gasteiger charge is 2.86. The zero-order valence-corrected chi connectivity index (χ0v) is 8.04. The summed E-state index contributed by atoms with van der Waals surface area (Å²) in [6.45, 7) is 0. The van der Waals surface area contributed by atoms with Gasteiger partial charge in [0.2, 0.25) is 0 Å². The van der Waals surface area contributed by atoms with E-state index in [1.54, 1.807) is 0 Å². The number of hydrogen-bond acceptors (Lipinski definition) is 0. The van der Waals surface area contributed by atoms with Crippen molar-refractivity contribution in [1.29, 1.82) is 0 Å². The van der Waals surface area contributed by atoms with Gasteiger partial charge in [-0.05, 0) is 6.42 Å². The third-order valence-corrected chi connectivity index (χ3v) is 3.36. The van der Waals surface area contributed by atoms with Crippen molar-refractivity contribution in [3.05, 3.63) is 12.2 Å². The Hall–Kier alpha value is -0.820. The van der Waals surface area contributed by atoms with Gasteiger partial charge in [0.1, 0.15) is 0 Å². The van der Waals surface area contributed by atoms with E-state index in [2.05, 4.69) is 0 Å². The Bertz CT molecular complexity index is 368. The van der Waals surface area contributed by atoms with Gasteiger partial charge in [0.05, 0.1) is 0 Å². The molecular formula is C9H6F8. The Labute approximate surface area is 90.3 Å². The summed E-state index contributed by atoms with van der Waals surface area (Å²) in [7, 11) is 0. The van der Waals surface area contributed by atoms with Gasteiger partial charge in [0.25, 0.3) is 11.6 Å². The van der Waals surface area contributed by atoms with Crippen molar-refractivity contribution in [2.75, 3.05) is 0 Å². The van der Waals surface area contributed by atoms with Crippen molar-refractivity contribution in [2.45, 2.75) is 30.1 Å². The maximum Gasteiger partial charge on any atom is 0.457 e. The zero-order valence-electron chi connectivity index (χ0n) is 8.04. The predicted molar refractivity (Wildman–Crippen MR) is 40.5 cm³/mol. The van der Waals surface area contributed by atoms with Crippen molar-refractivity contribution in [3.63, 3.8) is 0 Å². The highest BCUT2D eigenvalue weighted by Crippen LogP contribution is 2.66. The second-order valence-electron chi connectivity index (χ2n) is 4.24. The fourth-order valence-electron chi connectivity index (χ4n) is 2.43. The average molecular weight is 266 g/mol. The SMILES string of the molecule is FC(F)(F)C(F)(F)C1(F)C2C=CC(C2)C1(F)F. The first-order chi connectivity index (χ1) is 7.46. The van der Waals surface area contributed by atoms with Crippen LogP contribution in [0.15, 0.2) is 12.2 Å². The topological polar surface area (TPSA) is 0 Å². The predicted octanol–water partition coefficient (Wildman–Crippen LogP) is 3.73. The molecule has 0 amide bonds. The molecule has 1 fully saturated rings. The second kappa shape index (κ2) is 2.95. The Balaban J connectivity index is 2.54. The monoisotopic (exact) mass is 266 g/mol. The van der Waals surface area contributed by atoms with E-state index < -0.39 is 41.9 Å². The molecule has 0 heterocycles. The zero-order chi connectivity index (χ0) is 13.3. The average Bonchev–Trinajstić information content (AvgIpc) is 2.67. The van der Waals surface area contributed by atoms with Gasteiger partial charge in [-0.1, -0.05) is 12.2 Å². The first kappa shape index (κ1) is 12.6. The lowest BCUT2D eigenvalue weighted by molar-refractivity contribution is -0.363. The van der Waals surface area contributed by atoms with Crippen molar-refractivity contribution in [1.82, 2.24) is 0 Å². The van der Waals surface area contributed by atoms with Crippen molar-refractivity contribution < 1.29 is 35.1 Å². The first-order valence-electron chi connectivity index (χ1n) is 4.66. The minimum absolute atomic E-state index is 0.668. The van der Waals surface area contributed by atoms with Gasteiger partial charge in [-0.25, -0.2) is 13.2 Å². The third kappa shape index (κ3) is 1.18. The number of rotatable bonds is 1. The highest BCUT2D eigenvalue weighted by molar-refractivity contribution is 5.29. The summed E-state index contributed by atoms with van der Waals surface area (Å²) in [6.07, 6.45) is -5.62. The summed E-state index contributed by atoms with van der Waals surface area (Å²) < 4.78 is 102. The summed E-state index contributed by atoms with van der Waals surface area (Å²) in [6, 6.07) is 0. The molecule has 2 aliphatic carbocycles. The molecular weight excluding hydrogens is 260 g/mol. The van der Waals surface area contributed by atoms with Crippen molar-refractivity contribution >= 4 is 0 Å². The summed E-state index contributed by atoms with van der Waals surface area (Å²) in [5.74, 6) is -14.8. The number of alkyl halides is 8. The molecule has 0 saturated heterocycles. The Morgan fingerprint density at radius 2 is 1.35 bits per heavy atom. The molecule has 2 rings (SSSR count). The largest absolute Gasteiger partial charge is 0.457 e. The van der Waals surface area contributed by atoms with Crippen LogP contribution in [0.1, 0.15) is 6.42 Å². The van der Waals surface area contributed by atoms with Gasteiger partial charge >= 0.3 is 12.1 Å². The lowest BCUT2D eigenvalue weighted by Gasteiger charge is -2.40. The highest BCUT2D eigenvalue weighted by atomic mass is 19.4. The fourth-order valence-corrected chi connectivity index (χ4v) is 2.43. The third-order valence-electron chi connectivity index (χ3n) is 3.36. The molecule has 0 radical (unpaired) electrons. The molecule has 8 heteroatoms. The van der Waals surface area contributed by atoms with Crippen LogP contribution in [0, 0.1) is 11.8 Å². The minimum Gasteiger partial charge on any atom is -0.229 e. The van der Waals surface area contributed by atoms with Gasteiger partial charge in [0, 0.05) is 11.8 Å². The molecule has 0 N–H and O–H groups in total. The van der Waals surface area contributed by atoms with Crippen molar-refractivity contribution in [2.24, 2.45) is 11.8 Å². The van der Waals surface area contributed by atoms with E-state index in [0.29, 0.717) is 6.08 Å². The van der Waals surface area contributed by atoms with E-state index in [1.807, 2.05) is 0 Å². The van der Waals surface area contributed by atoms with Crippen LogP contribution in [0.4, 0.5) is 35.1 Å². The number of fused-ring (bicyclic) bond motifs is 2. The molecule has 0 nitrogen and oxygen atoms in total. The molecule has 2 aliphatic rings. The van der Waals surface area contributed by atoms with E-state index in [9.17, 15) is 35.1 Å². The normalized spacial score (nSPS) is 40.0. The van der Waals surface area contributed by atoms with Crippen LogP contribution in [0.25, 0.3) is 0 Å². The first-order valence-corrected chi connectivity index (χ1v) is 4.66. The molecule has 0 aromatic rings. The Kier molecular flexibility index (Phi) is 2.19. The van der Waals surface area contributed by atoms with Crippen LogP contribution >= 0.6 is 0 Å². The molecule has 17 heavy (non-hydrogen) atoms. The lowest BCUT2D eigenvalue weighted by Crippen LogP contribution is -2.65. The van der Waals surface area contributed by atoms with Gasteiger partial charge < -0.3 is 0 Å². The molecule has 0 aliphatic heterocycles. The molecule has 3 atom stereocenters. The molecule has 0 aromatic carbocycles. The Morgan fingerprint density at radius 3 is 1.71 bits per heavy atom. The Morgan fingerprint density at radius 1 is 0.882 bits per heavy atom. The van der Waals surface area contributed by atoms with Crippen LogP contribution in [0.2, 0.25) is 0 Å². The van der Waals surface area contributed by atoms with E-state index in [-0.39, 0.29) is 0 Å². The van der Waals surface area contributed by atoms with Crippen LogP contribution in [0.5, 0.6) is 0 Å². The van der Waals surface area contributed by atoms with E-state index in [0.717, 1.165) is 6.08 Å². The maximum absolute atomic E-state index is 13.8. The summed E-state index contributed by atoms with van der Waals surface area (Å²) >= 11 is 0. The molecule has 3 unspecified atom stereocenters. The second-order valence-corrected chi connectivity index (χ2v) is 4.24. The van der Waals surface area contributed by atoms with E-state index in [1.165, 1.54) is 0 Å². The van der Waals surface area contributed by atoms with Gasteiger partial charge in [-0.3, -0.25) is 0 Å². The van der Waals surface area contributed by atoms with Crippen LogP contribution in [-0.4, -0.2) is 23.7 Å². The van der Waals surface area contributed by atoms with Gasteiger partial charge in [-0.15, -0.1) is 0 Å². The molecule has 98 valence electrons. The summed E-state index contributed by atoms with van der Waals surface area (Å²) in [5, 5.41) is 0. The molecule has 0 spiro atoms. The van der Waals surface area contributed by atoms with Crippen LogP contribution < -0.4 is 0 Å². The number of allylic oxidation sites excluding steroid dienone is 2. The number of hydrogen-bond donors (Lipinski definition) is 0. The molecule has 2 bridgehead atoms. The molecule has 1 saturated carbocycles. The van der Waals surface area contributed by atoms with Crippen molar-refractivity contribution in [3.8, 4) is 0 Å². The summed E-state index contributed by atoms with van der Waals surface area (Å²) in [4.78, 5) is 0. The maximum atomic E-state index is 13.8. The number of halogens is 8.